The number of aryl methyl sites for hydroxylation is 1. The van der Waals surface area contributed by atoms with Gasteiger partial charge in [-0.2, -0.15) is 0 Å². The van der Waals surface area contributed by atoms with Crippen molar-refractivity contribution in [2.24, 2.45) is 0 Å². The van der Waals surface area contributed by atoms with E-state index in [1.54, 1.807) is 25.1 Å². The Balaban J connectivity index is 2.49. The molecule has 0 aliphatic heterocycles. The molecular formula is C18H17NO5. The molecule has 2 rings (SSSR count). The summed E-state index contributed by atoms with van der Waals surface area (Å²) in [7, 11) is 0. The van der Waals surface area contributed by atoms with Crippen LogP contribution in [0.2, 0.25) is 0 Å². The van der Waals surface area contributed by atoms with Crippen LogP contribution in [0.25, 0.3) is 11.6 Å². The van der Waals surface area contributed by atoms with Crippen LogP contribution >= 0.6 is 0 Å². The highest BCUT2D eigenvalue weighted by molar-refractivity contribution is 6.20. The minimum Gasteiger partial charge on any atom is -0.487 e. The molecule has 6 heteroatoms. The molecule has 0 atom stereocenters. The van der Waals surface area contributed by atoms with Crippen molar-refractivity contribution in [3.05, 3.63) is 69.3 Å². The molecule has 0 unspecified atom stereocenters. The lowest BCUT2D eigenvalue weighted by molar-refractivity contribution is -0.385. The van der Waals surface area contributed by atoms with E-state index in [2.05, 4.69) is 0 Å². The molecule has 2 aromatic rings. The summed E-state index contributed by atoms with van der Waals surface area (Å²) in [4.78, 5) is 22.2. The summed E-state index contributed by atoms with van der Waals surface area (Å²) in [6.45, 7) is 3.95. The molecular weight excluding hydrogens is 310 g/mol. The minimum absolute atomic E-state index is 0.0634. The fraction of sp³-hybridized carbons (Fsp3) is 0.167. The third-order valence-corrected chi connectivity index (χ3v) is 3.38. The van der Waals surface area contributed by atoms with Gasteiger partial charge >= 0.3 is 11.7 Å². The molecule has 0 aliphatic rings. The third-order valence-electron chi connectivity index (χ3n) is 3.38. The average molecular weight is 327 g/mol. The smallest absolute Gasteiger partial charge is 0.336 e. The van der Waals surface area contributed by atoms with E-state index in [-0.39, 0.29) is 17.0 Å². The molecule has 0 amide bonds. The standard InChI is InChI=1S/C18H17NO5/c1-3-24-17-9-6-13(11-16(17)19(22)23)10-15(18(20)21)14-7-4-12(2)5-8-14/h4-11H,3H2,1-2H3,(H,20,21)/b15-10-. The van der Waals surface area contributed by atoms with Gasteiger partial charge in [0, 0.05) is 6.07 Å². The molecule has 6 nitrogen and oxygen atoms in total. The van der Waals surface area contributed by atoms with Crippen molar-refractivity contribution in [3.63, 3.8) is 0 Å². The van der Waals surface area contributed by atoms with Gasteiger partial charge in [0.15, 0.2) is 5.75 Å². The summed E-state index contributed by atoms with van der Waals surface area (Å²) in [5.74, 6) is -0.942. The summed E-state index contributed by atoms with van der Waals surface area (Å²) in [6.07, 6.45) is 1.41. The van der Waals surface area contributed by atoms with Crippen molar-refractivity contribution in [1.82, 2.24) is 0 Å². The third kappa shape index (κ3) is 3.98. The van der Waals surface area contributed by atoms with E-state index in [4.69, 9.17) is 4.74 Å². The number of carbonyl (C=O) groups is 1. The zero-order valence-corrected chi connectivity index (χ0v) is 13.4. The number of carboxylic acids is 1. The second kappa shape index (κ2) is 7.41. The van der Waals surface area contributed by atoms with Gasteiger partial charge in [0.1, 0.15) is 0 Å². The van der Waals surface area contributed by atoms with E-state index in [9.17, 15) is 20.0 Å². The van der Waals surface area contributed by atoms with Gasteiger partial charge in [-0.15, -0.1) is 0 Å². The van der Waals surface area contributed by atoms with Crippen LogP contribution in [0.1, 0.15) is 23.6 Å². The fourth-order valence-electron chi connectivity index (χ4n) is 2.21. The maximum absolute atomic E-state index is 11.6. The first-order valence-corrected chi connectivity index (χ1v) is 7.35. The summed E-state index contributed by atoms with van der Waals surface area (Å²) in [6, 6.07) is 11.4. The second-order valence-electron chi connectivity index (χ2n) is 5.15. The Labute approximate surface area is 139 Å². The Hall–Kier alpha value is -3.15. The fourth-order valence-corrected chi connectivity index (χ4v) is 2.21. The maximum atomic E-state index is 11.6. The topological polar surface area (TPSA) is 89.7 Å². The van der Waals surface area contributed by atoms with Gasteiger partial charge in [-0.25, -0.2) is 4.79 Å². The largest absolute Gasteiger partial charge is 0.487 e. The molecule has 0 saturated carbocycles. The lowest BCUT2D eigenvalue weighted by Crippen LogP contribution is -2.00. The molecule has 124 valence electrons. The zero-order valence-electron chi connectivity index (χ0n) is 13.4. The first kappa shape index (κ1) is 17.2. The van der Waals surface area contributed by atoms with Crippen molar-refractivity contribution >= 4 is 23.3 Å². The van der Waals surface area contributed by atoms with Gasteiger partial charge in [-0.1, -0.05) is 35.9 Å². The monoisotopic (exact) mass is 327 g/mol. The van der Waals surface area contributed by atoms with Crippen LogP contribution in [0.15, 0.2) is 42.5 Å². The number of hydrogen-bond acceptors (Lipinski definition) is 4. The summed E-state index contributed by atoms with van der Waals surface area (Å²) in [5.41, 5.74) is 1.83. The number of nitro groups is 1. The Morgan fingerprint density at radius 2 is 1.92 bits per heavy atom. The summed E-state index contributed by atoms with van der Waals surface area (Å²) in [5, 5.41) is 20.6. The van der Waals surface area contributed by atoms with Gasteiger partial charge in [0.05, 0.1) is 17.1 Å². The van der Waals surface area contributed by atoms with E-state index < -0.39 is 10.9 Å². The van der Waals surface area contributed by atoms with Crippen LogP contribution in [-0.2, 0) is 4.79 Å². The van der Waals surface area contributed by atoms with Gasteiger partial charge in [0.2, 0.25) is 0 Å². The SMILES string of the molecule is CCOc1ccc(/C=C(\C(=O)O)c2ccc(C)cc2)cc1[N+](=O)[O-]. The second-order valence-corrected chi connectivity index (χ2v) is 5.15. The van der Waals surface area contributed by atoms with Crippen molar-refractivity contribution in [3.8, 4) is 5.75 Å². The van der Waals surface area contributed by atoms with Crippen molar-refractivity contribution in [2.45, 2.75) is 13.8 Å². The molecule has 0 saturated heterocycles. The Kier molecular flexibility index (Phi) is 5.31. The number of nitro benzene ring substituents is 1. The number of benzene rings is 2. The predicted octanol–water partition coefficient (Wildman–Crippen LogP) is 3.93. The highest BCUT2D eigenvalue weighted by Crippen LogP contribution is 2.30. The molecule has 1 N–H and O–H groups in total. The zero-order chi connectivity index (χ0) is 17.7. The van der Waals surface area contributed by atoms with E-state index >= 15 is 0 Å². The van der Waals surface area contributed by atoms with Crippen molar-refractivity contribution in [2.75, 3.05) is 6.61 Å². The highest BCUT2D eigenvalue weighted by Gasteiger charge is 2.17. The van der Waals surface area contributed by atoms with E-state index in [1.165, 1.54) is 18.2 Å². The molecule has 0 aliphatic carbocycles. The first-order valence-electron chi connectivity index (χ1n) is 7.35. The van der Waals surface area contributed by atoms with E-state index in [0.717, 1.165) is 5.56 Å². The summed E-state index contributed by atoms with van der Waals surface area (Å²) >= 11 is 0. The van der Waals surface area contributed by atoms with Crippen LogP contribution in [0, 0.1) is 17.0 Å². The first-order chi connectivity index (χ1) is 11.4. The van der Waals surface area contributed by atoms with Gasteiger partial charge in [-0.3, -0.25) is 10.1 Å². The molecule has 0 heterocycles. The number of aliphatic carboxylic acids is 1. The van der Waals surface area contributed by atoms with Crippen LogP contribution in [-0.4, -0.2) is 22.6 Å². The Morgan fingerprint density at radius 3 is 2.46 bits per heavy atom. The van der Waals surface area contributed by atoms with Crippen molar-refractivity contribution in [1.29, 1.82) is 0 Å². The van der Waals surface area contributed by atoms with E-state index in [0.29, 0.717) is 17.7 Å². The van der Waals surface area contributed by atoms with Crippen LogP contribution < -0.4 is 4.74 Å². The predicted molar refractivity (Wildman–Crippen MR) is 91.0 cm³/mol. The molecule has 0 aromatic heterocycles. The molecule has 0 bridgehead atoms. The van der Waals surface area contributed by atoms with E-state index in [1.807, 2.05) is 19.1 Å². The quantitative estimate of drug-likeness (QED) is 0.376. The molecule has 24 heavy (non-hydrogen) atoms. The normalized spacial score (nSPS) is 11.2. The lowest BCUT2D eigenvalue weighted by Gasteiger charge is -2.06. The molecule has 0 spiro atoms. The van der Waals surface area contributed by atoms with Gasteiger partial charge in [-0.05, 0) is 37.1 Å². The Bertz CT molecular complexity index is 794. The van der Waals surface area contributed by atoms with Crippen LogP contribution in [0.3, 0.4) is 0 Å². The Morgan fingerprint density at radius 1 is 1.25 bits per heavy atom. The van der Waals surface area contributed by atoms with Gasteiger partial charge in [0.25, 0.3) is 0 Å². The average Bonchev–Trinajstić information content (AvgIpc) is 2.54. The van der Waals surface area contributed by atoms with Crippen LogP contribution in [0.4, 0.5) is 5.69 Å². The lowest BCUT2D eigenvalue weighted by atomic mass is 10.0. The van der Waals surface area contributed by atoms with Crippen LogP contribution in [0.5, 0.6) is 5.75 Å². The minimum atomic E-state index is -1.10. The van der Waals surface area contributed by atoms with Crippen molar-refractivity contribution < 1.29 is 19.6 Å². The number of hydrogen-bond donors (Lipinski definition) is 1. The summed E-state index contributed by atoms with van der Waals surface area (Å²) < 4.78 is 5.22. The number of nitrogens with zero attached hydrogens (tertiary/aromatic N) is 1. The molecule has 0 fully saturated rings. The highest BCUT2D eigenvalue weighted by atomic mass is 16.6. The number of rotatable bonds is 6. The van der Waals surface area contributed by atoms with Gasteiger partial charge < -0.3 is 9.84 Å². The maximum Gasteiger partial charge on any atom is 0.336 e. The number of carboxylic acid groups (broad SMARTS) is 1. The number of ether oxygens (including phenoxy) is 1. The molecule has 2 aromatic carbocycles. The molecule has 0 radical (unpaired) electrons.